The van der Waals surface area contributed by atoms with Crippen LogP contribution in [0.4, 0.5) is 17.3 Å². The number of hydrogen-bond donors (Lipinski definition) is 5. The highest BCUT2D eigenvalue weighted by Gasteiger charge is 2.19. The Kier molecular flexibility index (Phi) is 5.80. The third-order valence-corrected chi connectivity index (χ3v) is 5.16. The minimum absolute atomic E-state index is 0.232. The number of phenols is 1. The van der Waals surface area contributed by atoms with Crippen molar-refractivity contribution in [2.45, 2.75) is 26.8 Å². The van der Waals surface area contributed by atoms with Gasteiger partial charge in [0.2, 0.25) is 0 Å². The summed E-state index contributed by atoms with van der Waals surface area (Å²) in [5.41, 5.74) is 10.1. The van der Waals surface area contributed by atoms with Crippen LogP contribution in [0, 0.1) is 6.92 Å². The maximum absolute atomic E-state index is 12.1. The summed E-state index contributed by atoms with van der Waals surface area (Å²) in [5, 5.41) is 23.5. The van der Waals surface area contributed by atoms with Gasteiger partial charge < -0.3 is 25.9 Å². The van der Waals surface area contributed by atoms with Crippen LogP contribution in [0.5, 0.6) is 5.75 Å². The van der Waals surface area contributed by atoms with E-state index in [9.17, 15) is 9.90 Å². The Bertz CT molecular complexity index is 1230. The molecule has 0 fully saturated rings. The molecule has 9 nitrogen and oxygen atoms in total. The summed E-state index contributed by atoms with van der Waals surface area (Å²) in [5.74, 6) is 1.11. The zero-order valence-corrected chi connectivity index (χ0v) is 17.8. The van der Waals surface area contributed by atoms with E-state index < -0.39 is 5.91 Å². The van der Waals surface area contributed by atoms with Crippen LogP contribution in [0.1, 0.15) is 34.0 Å². The highest BCUT2D eigenvalue weighted by atomic mass is 16.3. The minimum atomic E-state index is -0.613. The molecule has 4 aromatic rings. The number of primary amides is 1. The number of nitrogens with two attached hydrogens (primary N) is 1. The second-order valence-electron chi connectivity index (χ2n) is 7.38. The van der Waals surface area contributed by atoms with Crippen LogP contribution in [0.25, 0.3) is 11.3 Å². The first kappa shape index (κ1) is 21.0. The first-order valence-electron chi connectivity index (χ1n) is 10.2. The second-order valence-corrected chi connectivity index (χ2v) is 7.38. The number of aromatic amines is 1. The molecule has 164 valence electrons. The van der Waals surface area contributed by atoms with Gasteiger partial charge in [0.25, 0.3) is 5.91 Å². The quantitative estimate of drug-likeness (QED) is 0.282. The molecule has 0 aliphatic heterocycles. The third-order valence-electron chi connectivity index (χ3n) is 5.16. The number of aryl methyl sites for hydroxylation is 2. The van der Waals surface area contributed by atoms with Crippen molar-refractivity contribution in [1.82, 2.24) is 15.2 Å². The number of hydrogen-bond acceptors (Lipinski definition) is 7. The first-order valence-corrected chi connectivity index (χ1v) is 10.2. The summed E-state index contributed by atoms with van der Waals surface area (Å²) in [6.07, 6.45) is 3.74. The lowest BCUT2D eigenvalue weighted by Crippen LogP contribution is -2.15. The van der Waals surface area contributed by atoms with Crippen LogP contribution >= 0.6 is 0 Å². The Labute approximate surface area is 184 Å². The van der Waals surface area contributed by atoms with Crippen LogP contribution in [0.2, 0.25) is 0 Å². The average molecular weight is 432 g/mol. The van der Waals surface area contributed by atoms with Crippen molar-refractivity contribution in [3.63, 3.8) is 0 Å². The Morgan fingerprint density at radius 1 is 1.25 bits per heavy atom. The van der Waals surface area contributed by atoms with Gasteiger partial charge in [-0.25, -0.2) is 4.98 Å². The second kappa shape index (κ2) is 8.84. The molecule has 0 spiro atoms. The van der Waals surface area contributed by atoms with Crippen molar-refractivity contribution >= 4 is 23.2 Å². The number of carbonyl (C=O) groups excluding carboxylic acids is 1. The molecule has 0 aliphatic rings. The number of anilines is 3. The fourth-order valence-electron chi connectivity index (χ4n) is 3.51. The predicted molar refractivity (Wildman–Crippen MR) is 122 cm³/mol. The van der Waals surface area contributed by atoms with Crippen molar-refractivity contribution in [1.29, 1.82) is 0 Å². The van der Waals surface area contributed by atoms with Crippen LogP contribution in [0.15, 0.2) is 53.4 Å². The SMILES string of the molecule is CCc1cc(CNc2n[nH]c(Nc3ccc(-c4cnco4)cc3)c2C(N)=O)cc(C)c1O. The molecule has 0 aliphatic carbocycles. The van der Waals surface area contributed by atoms with Gasteiger partial charge in [-0.15, -0.1) is 0 Å². The molecule has 2 aromatic carbocycles. The van der Waals surface area contributed by atoms with Crippen LogP contribution in [-0.4, -0.2) is 26.2 Å². The molecule has 0 unspecified atom stereocenters. The van der Waals surface area contributed by atoms with E-state index in [1.54, 1.807) is 6.20 Å². The fraction of sp³-hybridized carbons (Fsp3) is 0.174. The molecule has 2 aromatic heterocycles. The van der Waals surface area contributed by atoms with Gasteiger partial charge in [-0.1, -0.05) is 19.1 Å². The minimum Gasteiger partial charge on any atom is -0.507 e. The van der Waals surface area contributed by atoms with Crippen LogP contribution < -0.4 is 16.4 Å². The van der Waals surface area contributed by atoms with Crippen LogP contribution in [0.3, 0.4) is 0 Å². The van der Waals surface area contributed by atoms with E-state index in [4.69, 9.17) is 10.2 Å². The van der Waals surface area contributed by atoms with E-state index in [1.807, 2.05) is 50.2 Å². The number of nitrogens with one attached hydrogen (secondary N) is 3. The van der Waals surface area contributed by atoms with E-state index in [0.29, 0.717) is 29.7 Å². The lowest BCUT2D eigenvalue weighted by Gasteiger charge is -2.11. The standard InChI is InChI=1S/C23H24N6O3/c1-3-15-9-14(8-13(2)20(15)30)10-26-22-19(21(24)31)23(29-28-22)27-17-6-4-16(5-7-17)18-11-25-12-32-18/h4-9,11-12,30H,3,10H2,1-2H3,(H2,24,31)(H3,26,27,28,29). The van der Waals surface area contributed by atoms with Crippen molar-refractivity contribution in [2.75, 3.05) is 10.6 Å². The van der Waals surface area contributed by atoms with E-state index in [-0.39, 0.29) is 5.56 Å². The average Bonchev–Trinajstić information content (AvgIpc) is 3.45. The number of rotatable bonds is 8. The topological polar surface area (TPSA) is 142 Å². The zero-order chi connectivity index (χ0) is 22.7. The van der Waals surface area contributed by atoms with Gasteiger partial charge in [0.1, 0.15) is 17.1 Å². The molecule has 0 saturated heterocycles. The lowest BCUT2D eigenvalue weighted by molar-refractivity contribution is 0.100. The van der Waals surface area contributed by atoms with Crippen molar-refractivity contribution < 1.29 is 14.3 Å². The van der Waals surface area contributed by atoms with Crippen molar-refractivity contribution in [3.05, 3.63) is 71.2 Å². The monoisotopic (exact) mass is 432 g/mol. The molecule has 1 amide bonds. The third kappa shape index (κ3) is 4.27. The summed E-state index contributed by atoms with van der Waals surface area (Å²) < 4.78 is 5.29. The Balaban J connectivity index is 1.51. The van der Waals surface area contributed by atoms with E-state index in [2.05, 4.69) is 25.8 Å². The Morgan fingerprint density at radius 3 is 2.69 bits per heavy atom. The maximum Gasteiger partial charge on any atom is 0.256 e. The highest BCUT2D eigenvalue weighted by molar-refractivity contribution is 6.03. The maximum atomic E-state index is 12.1. The number of phenolic OH excluding ortho intramolecular Hbond substituents is 1. The molecule has 0 radical (unpaired) electrons. The van der Waals surface area contributed by atoms with Gasteiger partial charge in [-0.05, 0) is 54.3 Å². The van der Waals surface area contributed by atoms with E-state index in [1.165, 1.54) is 6.39 Å². The number of aromatic nitrogens is 3. The predicted octanol–water partition coefficient (Wildman–Crippen LogP) is 4.10. The summed E-state index contributed by atoms with van der Waals surface area (Å²) in [7, 11) is 0. The molecule has 9 heteroatoms. The Morgan fingerprint density at radius 2 is 2.03 bits per heavy atom. The van der Waals surface area contributed by atoms with Gasteiger partial charge in [0.15, 0.2) is 18.0 Å². The molecular formula is C23H24N6O3. The van der Waals surface area contributed by atoms with E-state index in [0.717, 1.165) is 34.4 Å². The molecule has 0 saturated carbocycles. The number of aromatic hydroxyl groups is 1. The number of amides is 1. The summed E-state index contributed by atoms with van der Waals surface area (Å²) >= 11 is 0. The first-order chi connectivity index (χ1) is 15.5. The van der Waals surface area contributed by atoms with Gasteiger partial charge in [-0.2, -0.15) is 5.10 Å². The van der Waals surface area contributed by atoms with Gasteiger partial charge >= 0.3 is 0 Å². The summed E-state index contributed by atoms with van der Waals surface area (Å²) in [4.78, 5) is 16.1. The number of H-pyrrole nitrogens is 1. The number of carbonyl (C=O) groups is 1. The highest BCUT2D eigenvalue weighted by Crippen LogP contribution is 2.28. The summed E-state index contributed by atoms with van der Waals surface area (Å²) in [6, 6.07) is 11.3. The lowest BCUT2D eigenvalue weighted by atomic mass is 10.0. The van der Waals surface area contributed by atoms with Crippen LogP contribution in [-0.2, 0) is 13.0 Å². The molecule has 6 N–H and O–H groups in total. The van der Waals surface area contributed by atoms with E-state index >= 15 is 0 Å². The fourth-order valence-corrected chi connectivity index (χ4v) is 3.51. The van der Waals surface area contributed by atoms with Crippen molar-refractivity contribution in [2.24, 2.45) is 5.73 Å². The van der Waals surface area contributed by atoms with Gasteiger partial charge in [0.05, 0.1) is 6.20 Å². The normalized spacial score (nSPS) is 10.8. The smallest absolute Gasteiger partial charge is 0.256 e. The number of nitrogens with zero attached hydrogens (tertiary/aromatic N) is 2. The molecule has 2 heterocycles. The molecule has 32 heavy (non-hydrogen) atoms. The molecular weight excluding hydrogens is 408 g/mol. The van der Waals surface area contributed by atoms with Gasteiger partial charge in [0, 0.05) is 17.8 Å². The number of benzene rings is 2. The van der Waals surface area contributed by atoms with Gasteiger partial charge in [-0.3, -0.25) is 9.89 Å². The zero-order valence-electron chi connectivity index (χ0n) is 17.8. The Hall–Kier alpha value is -4.27. The number of oxazole rings is 1. The molecule has 4 rings (SSSR count). The summed E-state index contributed by atoms with van der Waals surface area (Å²) in [6.45, 7) is 4.27. The molecule has 0 bridgehead atoms. The largest absolute Gasteiger partial charge is 0.507 e. The molecule has 0 atom stereocenters. The van der Waals surface area contributed by atoms with Crippen molar-refractivity contribution in [3.8, 4) is 17.1 Å².